The molecule has 0 aliphatic rings. The molecule has 0 saturated heterocycles. The average molecular weight is 375 g/mol. The third kappa shape index (κ3) is 3.24. The van der Waals surface area contributed by atoms with E-state index in [9.17, 15) is 4.79 Å². The van der Waals surface area contributed by atoms with Gasteiger partial charge in [-0.05, 0) is 42.8 Å². The number of halogens is 1. The first-order chi connectivity index (χ1) is 11.1. The quantitative estimate of drug-likeness (QED) is 0.611. The molecule has 0 radical (unpaired) electrons. The number of carbonyl (C=O) groups excluding carboxylic acids is 1. The van der Waals surface area contributed by atoms with Crippen LogP contribution in [0.3, 0.4) is 0 Å². The number of carbonyl (C=O) groups is 1. The Balaban J connectivity index is 1.82. The minimum atomic E-state index is -0.474. The zero-order chi connectivity index (χ0) is 16.4. The van der Waals surface area contributed by atoms with Gasteiger partial charge in [0.1, 0.15) is 17.9 Å². The van der Waals surface area contributed by atoms with E-state index < -0.39 is 5.97 Å². The summed E-state index contributed by atoms with van der Waals surface area (Å²) in [7, 11) is 1.60. The summed E-state index contributed by atoms with van der Waals surface area (Å²) in [5.74, 6) is 0.469. The fourth-order valence-corrected chi connectivity index (χ4v) is 2.81. The molecule has 1 heterocycles. The number of methoxy groups -OCH3 is 1. The van der Waals surface area contributed by atoms with Gasteiger partial charge in [0.25, 0.3) is 0 Å². The van der Waals surface area contributed by atoms with Crippen molar-refractivity contribution in [1.29, 1.82) is 0 Å². The third-order valence-corrected chi connectivity index (χ3v) is 4.08. The van der Waals surface area contributed by atoms with Gasteiger partial charge in [-0.2, -0.15) is 0 Å². The van der Waals surface area contributed by atoms with Crippen LogP contribution >= 0.6 is 15.9 Å². The van der Waals surface area contributed by atoms with Crippen molar-refractivity contribution in [2.45, 2.75) is 13.5 Å². The standard InChI is InChI=1S/C18H15BrO4/c1-11-15-9-14(21-2)6-7-16(15)23-17(11)18(20)22-10-12-4-3-5-13(19)8-12/h3-9H,10H2,1-2H3. The van der Waals surface area contributed by atoms with E-state index in [1.54, 1.807) is 19.2 Å². The molecule has 3 rings (SSSR count). The molecule has 0 bridgehead atoms. The van der Waals surface area contributed by atoms with Crippen LogP contribution in [-0.2, 0) is 11.3 Å². The fraction of sp³-hybridized carbons (Fsp3) is 0.167. The molecular formula is C18H15BrO4. The number of aryl methyl sites for hydroxylation is 1. The minimum absolute atomic E-state index is 0.193. The second-order valence-corrected chi connectivity index (χ2v) is 6.04. The molecule has 0 atom stereocenters. The van der Waals surface area contributed by atoms with Crippen molar-refractivity contribution < 1.29 is 18.7 Å². The van der Waals surface area contributed by atoms with Crippen LogP contribution in [0, 0.1) is 6.92 Å². The highest BCUT2D eigenvalue weighted by Crippen LogP contribution is 2.29. The first kappa shape index (κ1) is 15.6. The number of hydrogen-bond donors (Lipinski definition) is 0. The Hall–Kier alpha value is -2.27. The number of benzene rings is 2. The summed E-state index contributed by atoms with van der Waals surface area (Å²) < 4.78 is 17.1. The molecule has 4 nitrogen and oxygen atoms in total. The van der Waals surface area contributed by atoms with E-state index in [4.69, 9.17) is 13.9 Å². The summed E-state index contributed by atoms with van der Waals surface area (Å²) in [6.07, 6.45) is 0. The number of fused-ring (bicyclic) bond motifs is 1. The zero-order valence-electron chi connectivity index (χ0n) is 12.8. The summed E-state index contributed by atoms with van der Waals surface area (Å²) in [4.78, 5) is 12.3. The third-order valence-electron chi connectivity index (χ3n) is 3.59. The molecule has 5 heteroatoms. The first-order valence-corrected chi connectivity index (χ1v) is 7.86. The summed E-state index contributed by atoms with van der Waals surface area (Å²) >= 11 is 3.39. The summed E-state index contributed by atoms with van der Waals surface area (Å²) in [6.45, 7) is 2.03. The lowest BCUT2D eigenvalue weighted by atomic mass is 10.1. The van der Waals surface area contributed by atoms with Crippen molar-refractivity contribution >= 4 is 32.9 Å². The van der Waals surface area contributed by atoms with Crippen molar-refractivity contribution in [3.8, 4) is 5.75 Å². The van der Waals surface area contributed by atoms with Crippen LogP contribution in [0.15, 0.2) is 51.4 Å². The van der Waals surface area contributed by atoms with Crippen LogP contribution < -0.4 is 4.74 Å². The average Bonchev–Trinajstić information content (AvgIpc) is 2.89. The van der Waals surface area contributed by atoms with E-state index in [1.165, 1.54) is 0 Å². The van der Waals surface area contributed by atoms with Crippen LogP contribution in [0.1, 0.15) is 21.7 Å². The molecule has 0 unspecified atom stereocenters. The minimum Gasteiger partial charge on any atom is -0.497 e. The molecule has 0 saturated carbocycles. The maximum atomic E-state index is 12.3. The molecule has 23 heavy (non-hydrogen) atoms. The van der Waals surface area contributed by atoms with Crippen LogP contribution in [-0.4, -0.2) is 13.1 Å². The Bertz CT molecular complexity index is 867. The second kappa shape index (κ2) is 6.46. The van der Waals surface area contributed by atoms with Crippen molar-refractivity contribution in [2.24, 2.45) is 0 Å². The van der Waals surface area contributed by atoms with Gasteiger partial charge in [0.15, 0.2) is 0 Å². The van der Waals surface area contributed by atoms with E-state index in [-0.39, 0.29) is 12.4 Å². The molecule has 0 N–H and O–H groups in total. The van der Waals surface area contributed by atoms with Gasteiger partial charge in [-0.15, -0.1) is 0 Å². The Morgan fingerprint density at radius 2 is 2.04 bits per heavy atom. The molecule has 0 aliphatic heterocycles. The first-order valence-electron chi connectivity index (χ1n) is 7.07. The normalized spacial score (nSPS) is 10.7. The molecule has 0 spiro atoms. The predicted octanol–water partition coefficient (Wildman–Crippen LogP) is 4.87. The molecule has 0 amide bonds. The Labute approximate surface area is 142 Å². The predicted molar refractivity (Wildman–Crippen MR) is 90.8 cm³/mol. The SMILES string of the molecule is COc1ccc2oc(C(=O)OCc3cccc(Br)c3)c(C)c2c1. The lowest BCUT2D eigenvalue weighted by Gasteiger charge is -2.04. The van der Waals surface area contributed by atoms with E-state index in [2.05, 4.69) is 15.9 Å². The summed E-state index contributed by atoms with van der Waals surface area (Å²) in [5, 5.41) is 0.846. The van der Waals surface area contributed by atoms with Crippen molar-refractivity contribution in [1.82, 2.24) is 0 Å². The van der Waals surface area contributed by atoms with Gasteiger partial charge >= 0.3 is 5.97 Å². The molecule has 0 fully saturated rings. The van der Waals surface area contributed by atoms with Crippen LogP contribution in [0.2, 0.25) is 0 Å². The Morgan fingerprint density at radius 1 is 1.22 bits per heavy atom. The summed E-state index contributed by atoms with van der Waals surface area (Å²) in [5.41, 5.74) is 2.29. The van der Waals surface area contributed by atoms with Crippen molar-refractivity contribution in [2.75, 3.05) is 7.11 Å². The highest BCUT2D eigenvalue weighted by atomic mass is 79.9. The molecule has 0 aliphatic carbocycles. The summed E-state index contributed by atoms with van der Waals surface area (Å²) in [6, 6.07) is 13.0. The van der Waals surface area contributed by atoms with Gasteiger partial charge in [0, 0.05) is 15.4 Å². The van der Waals surface area contributed by atoms with Crippen LogP contribution in [0.4, 0.5) is 0 Å². The van der Waals surface area contributed by atoms with Gasteiger partial charge in [0.05, 0.1) is 7.11 Å². The van der Waals surface area contributed by atoms with Crippen LogP contribution in [0.5, 0.6) is 5.75 Å². The molecular weight excluding hydrogens is 360 g/mol. The van der Waals surface area contributed by atoms with Gasteiger partial charge in [-0.1, -0.05) is 28.1 Å². The fourth-order valence-electron chi connectivity index (χ4n) is 2.36. The number of furan rings is 1. The van der Waals surface area contributed by atoms with Gasteiger partial charge in [0.2, 0.25) is 5.76 Å². The molecule has 2 aromatic carbocycles. The highest BCUT2D eigenvalue weighted by Gasteiger charge is 2.19. The van der Waals surface area contributed by atoms with E-state index in [0.29, 0.717) is 5.58 Å². The lowest BCUT2D eigenvalue weighted by molar-refractivity contribution is 0.0437. The molecule has 1 aromatic heterocycles. The molecule has 3 aromatic rings. The lowest BCUT2D eigenvalue weighted by Crippen LogP contribution is -2.05. The van der Waals surface area contributed by atoms with Gasteiger partial charge in [-0.25, -0.2) is 4.79 Å². The number of rotatable bonds is 4. The smallest absolute Gasteiger partial charge is 0.374 e. The largest absolute Gasteiger partial charge is 0.497 e. The van der Waals surface area contributed by atoms with E-state index in [0.717, 1.165) is 26.7 Å². The van der Waals surface area contributed by atoms with Crippen LogP contribution in [0.25, 0.3) is 11.0 Å². The number of hydrogen-bond acceptors (Lipinski definition) is 4. The number of esters is 1. The topological polar surface area (TPSA) is 48.7 Å². The Kier molecular flexibility index (Phi) is 4.39. The monoisotopic (exact) mass is 374 g/mol. The Morgan fingerprint density at radius 3 is 2.78 bits per heavy atom. The van der Waals surface area contributed by atoms with Gasteiger partial charge < -0.3 is 13.9 Å². The molecule has 118 valence electrons. The number of ether oxygens (including phenoxy) is 2. The second-order valence-electron chi connectivity index (χ2n) is 5.12. The van der Waals surface area contributed by atoms with Gasteiger partial charge in [-0.3, -0.25) is 0 Å². The van der Waals surface area contributed by atoms with E-state index >= 15 is 0 Å². The maximum absolute atomic E-state index is 12.3. The maximum Gasteiger partial charge on any atom is 0.374 e. The van der Waals surface area contributed by atoms with Crippen molar-refractivity contribution in [3.05, 3.63) is 63.8 Å². The zero-order valence-corrected chi connectivity index (χ0v) is 14.3. The highest BCUT2D eigenvalue weighted by molar-refractivity contribution is 9.10. The van der Waals surface area contributed by atoms with Crippen molar-refractivity contribution in [3.63, 3.8) is 0 Å². The van der Waals surface area contributed by atoms with E-state index in [1.807, 2.05) is 37.3 Å².